The molecule has 9 heteroatoms. The van der Waals surface area contributed by atoms with Gasteiger partial charge in [-0.15, -0.1) is 11.6 Å². The number of nitrogens with one attached hydrogen (secondary N) is 2. The maximum Gasteiger partial charge on any atom is 0.306 e. The number of anilines is 1. The van der Waals surface area contributed by atoms with Gasteiger partial charge in [0.15, 0.2) is 5.60 Å². The smallest absolute Gasteiger partial charge is 0.306 e. The second-order valence-electron chi connectivity index (χ2n) is 7.60. The molecule has 0 saturated heterocycles. The van der Waals surface area contributed by atoms with Crippen LogP contribution < -0.4 is 10.6 Å². The number of pyridine rings is 1. The molecule has 1 aliphatic rings. The zero-order chi connectivity index (χ0) is 23.8. The number of hydrogen-bond donors (Lipinski definition) is 4. The van der Waals surface area contributed by atoms with Crippen molar-refractivity contribution in [2.75, 3.05) is 19.0 Å². The Bertz CT molecular complexity index is 1030. The van der Waals surface area contributed by atoms with Crippen LogP contribution in [0.2, 0.25) is 0 Å². The number of allylic oxidation sites excluding steroid dienone is 2. The molecule has 3 atom stereocenters. The van der Waals surface area contributed by atoms with Crippen LogP contribution in [0.25, 0.3) is 5.57 Å². The fraction of sp³-hybridized carbons (Fsp3) is 0.292. The molecule has 0 aliphatic heterocycles. The Morgan fingerprint density at radius 1 is 1.24 bits per heavy atom. The van der Waals surface area contributed by atoms with Gasteiger partial charge in [0.2, 0.25) is 0 Å². The van der Waals surface area contributed by atoms with Crippen LogP contribution >= 0.6 is 11.6 Å². The minimum Gasteiger partial charge on any atom is -0.481 e. The summed E-state index contributed by atoms with van der Waals surface area (Å²) in [6.45, 7) is 0.527. The van der Waals surface area contributed by atoms with Crippen LogP contribution in [-0.4, -0.2) is 57.8 Å². The first-order valence-electron chi connectivity index (χ1n) is 10.4. The molecule has 4 N–H and O–H groups in total. The molecule has 8 nitrogen and oxygen atoms in total. The van der Waals surface area contributed by atoms with Crippen molar-refractivity contribution in [2.45, 2.75) is 30.0 Å². The van der Waals surface area contributed by atoms with Crippen LogP contribution in [0.15, 0.2) is 66.9 Å². The predicted octanol–water partition coefficient (Wildman–Crippen LogP) is 2.59. The van der Waals surface area contributed by atoms with Crippen molar-refractivity contribution in [3.05, 3.63) is 78.0 Å². The zero-order valence-corrected chi connectivity index (χ0v) is 18.8. The SMILES string of the molecule is COC1(C(=O)Nc2ccc(CNCC(O)CC(=O)O)cn2)C=CC=C(c2ccccc2)C1Cl. The highest BCUT2D eigenvalue weighted by Crippen LogP contribution is 2.37. The van der Waals surface area contributed by atoms with Crippen LogP contribution in [-0.2, 0) is 20.9 Å². The van der Waals surface area contributed by atoms with E-state index in [0.29, 0.717) is 12.4 Å². The molecule has 3 unspecified atom stereocenters. The average Bonchev–Trinajstić information content (AvgIpc) is 2.80. The van der Waals surface area contributed by atoms with Crippen LogP contribution in [0.3, 0.4) is 0 Å². The number of carbonyl (C=O) groups excluding carboxylic acids is 1. The highest BCUT2D eigenvalue weighted by Gasteiger charge is 2.46. The van der Waals surface area contributed by atoms with Gasteiger partial charge in [-0.25, -0.2) is 4.98 Å². The van der Waals surface area contributed by atoms with Gasteiger partial charge in [-0.2, -0.15) is 0 Å². The number of carboxylic acid groups (broad SMARTS) is 1. The number of aliphatic carboxylic acids is 1. The van der Waals surface area contributed by atoms with E-state index in [4.69, 9.17) is 21.4 Å². The number of amides is 1. The monoisotopic (exact) mass is 471 g/mol. The number of rotatable bonds is 10. The number of aromatic nitrogens is 1. The molecule has 174 valence electrons. The minimum atomic E-state index is -1.41. The van der Waals surface area contributed by atoms with E-state index in [0.717, 1.165) is 16.7 Å². The van der Waals surface area contributed by atoms with Gasteiger partial charge in [0.25, 0.3) is 5.91 Å². The van der Waals surface area contributed by atoms with Gasteiger partial charge in [0.1, 0.15) is 11.2 Å². The lowest BCUT2D eigenvalue weighted by Crippen LogP contribution is -2.51. The Labute approximate surface area is 196 Å². The van der Waals surface area contributed by atoms with E-state index in [1.54, 1.807) is 30.5 Å². The summed E-state index contributed by atoms with van der Waals surface area (Å²) < 4.78 is 5.63. The van der Waals surface area contributed by atoms with E-state index in [1.807, 2.05) is 36.4 Å². The Hall–Kier alpha value is -3.04. The Morgan fingerprint density at radius 2 is 2.00 bits per heavy atom. The number of carbonyl (C=O) groups is 2. The van der Waals surface area contributed by atoms with E-state index in [-0.39, 0.29) is 13.0 Å². The zero-order valence-electron chi connectivity index (χ0n) is 18.1. The van der Waals surface area contributed by atoms with Crippen molar-refractivity contribution in [1.82, 2.24) is 10.3 Å². The third-order valence-corrected chi connectivity index (χ3v) is 5.81. The van der Waals surface area contributed by atoms with Gasteiger partial charge in [0.05, 0.1) is 12.5 Å². The molecule has 0 radical (unpaired) electrons. The molecule has 3 rings (SSSR count). The molecule has 0 fully saturated rings. The minimum absolute atomic E-state index is 0.141. The van der Waals surface area contributed by atoms with E-state index in [9.17, 15) is 14.7 Å². The number of aliphatic hydroxyl groups is 1. The highest BCUT2D eigenvalue weighted by atomic mass is 35.5. The molecular formula is C24H26ClN3O5. The lowest BCUT2D eigenvalue weighted by Gasteiger charge is -2.35. The number of halogens is 1. The topological polar surface area (TPSA) is 121 Å². The number of benzene rings is 1. The summed E-state index contributed by atoms with van der Waals surface area (Å²) in [6.07, 6.45) is 5.54. The lowest BCUT2D eigenvalue weighted by molar-refractivity contribution is -0.139. The van der Waals surface area contributed by atoms with Crippen molar-refractivity contribution in [3.8, 4) is 0 Å². The molecule has 1 amide bonds. The van der Waals surface area contributed by atoms with E-state index < -0.39 is 29.0 Å². The highest BCUT2D eigenvalue weighted by molar-refractivity contribution is 6.30. The van der Waals surface area contributed by atoms with E-state index >= 15 is 0 Å². The standard InChI is InChI=1S/C24H26ClN3O5/c1-33-24(11-5-8-19(22(24)25)17-6-3-2-4-7-17)23(32)28-20-10-9-16(14-27-20)13-26-15-18(29)12-21(30)31/h2-11,14,18,22,26,29H,12-13,15H2,1H3,(H,30,31)(H,27,28,32). The van der Waals surface area contributed by atoms with Crippen LogP contribution in [0.4, 0.5) is 5.82 Å². The molecule has 0 spiro atoms. The van der Waals surface area contributed by atoms with Gasteiger partial charge < -0.3 is 25.6 Å². The molecule has 1 aromatic heterocycles. The molecule has 0 bridgehead atoms. The quantitative estimate of drug-likeness (QED) is 0.393. The normalized spacial score (nSPS) is 20.7. The average molecular weight is 472 g/mol. The number of nitrogens with zero attached hydrogens (tertiary/aromatic N) is 1. The maximum atomic E-state index is 13.2. The summed E-state index contributed by atoms with van der Waals surface area (Å²) in [6, 6.07) is 13.0. The number of methoxy groups -OCH3 is 1. The summed E-state index contributed by atoms with van der Waals surface area (Å²) in [7, 11) is 1.44. The number of hydrogen-bond acceptors (Lipinski definition) is 6. The summed E-state index contributed by atoms with van der Waals surface area (Å²) in [5, 5.41) is 23.2. The third-order valence-electron chi connectivity index (χ3n) is 5.25. The first-order chi connectivity index (χ1) is 15.9. The number of ether oxygens (including phenoxy) is 1. The van der Waals surface area contributed by atoms with Crippen molar-refractivity contribution < 1.29 is 24.5 Å². The Kier molecular flexibility index (Phi) is 8.35. The van der Waals surface area contributed by atoms with Gasteiger partial charge in [-0.1, -0.05) is 48.6 Å². The summed E-state index contributed by atoms with van der Waals surface area (Å²) in [4.78, 5) is 28.0. The third kappa shape index (κ3) is 6.06. The molecule has 2 aromatic rings. The van der Waals surface area contributed by atoms with Crippen LogP contribution in [0, 0.1) is 0 Å². The summed E-state index contributed by atoms with van der Waals surface area (Å²) in [5.74, 6) is -1.17. The second-order valence-corrected chi connectivity index (χ2v) is 8.03. The van der Waals surface area contributed by atoms with Gasteiger partial charge in [0, 0.05) is 26.4 Å². The molecule has 1 aromatic carbocycles. The Balaban J connectivity index is 1.63. The second kappa shape index (κ2) is 11.2. The van der Waals surface area contributed by atoms with Gasteiger partial charge >= 0.3 is 5.97 Å². The van der Waals surface area contributed by atoms with Gasteiger partial charge in [-0.3, -0.25) is 9.59 Å². The number of carboxylic acids is 1. The van der Waals surface area contributed by atoms with E-state index in [2.05, 4.69) is 15.6 Å². The lowest BCUT2D eigenvalue weighted by atomic mass is 9.85. The fourth-order valence-electron chi connectivity index (χ4n) is 3.50. The van der Waals surface area contributed by atoms with E-state index in [1.165, 1.54) is 7.11 Å². The molecule has 33 heavy (non-hydrogen) atoms. The first kappa shape index (κ1) is 24.6. The number of alkyl halides is 1. The molecule has 0 saturated carbocycles. The summed E-state index contributed by atoms with van der Waals surface area (Å²) >= 11 is 6.75. The van der Waals surface area contributed by atoms with Crippen molar-refractivity contribution >= 4 is 34.9 Å². The largest absolute Gasteiger partial charge is 0.481 e. The number of aliphatic hydroxyl groups excluding tert-OH is 1. The maximum absolute atomic E-state index is 13.2. The molecular weight excluding hydrogens is 446 g/mol. The molecule has 1 aliphatic carbocycles. The van der Waals surface area contributed by atoms with Crippen molar-refractivity contribution in [2.24, 2.45) is 0 Å². The Morgan fingerprint density at radius 3 is 2.64 bits per heavy atom. The molecule has 1 heterocycles. The van der Waals surface area contributed by atoms with Crippen LogP contribution in [0.5, 0.6) is 0 Å². The van der Waals surface area contributed by atoms with Gasteiger partial charge in [-0.05, 0) is 28.8 Å². The predicted molar refractivity (Wildman–Crippen MR) is 126 cm³/mol. The summed E-state index contributed by atoms with van der Waals surface area (Å²) in [5.41, 5.74) is 1.07. The first-order valence-corrected chi connectivity index (χ1v) is 10.8. The van der Waals surface area contributed by atoms with Crippen molar-refractivity contribution in [1.29, 1.82) is 0 Å². The van der Waals surface area contributed by atoms with Crippen LogP contribution in [0.1, 0.15) is 17.5 Å². The fourth-order valence-corrected chi connectivity index (χ4v) is 3.96. The van der Waals surface area contributed by atoms with Crippen molar-refractivity contribution in [3.63, 3.8) is 0 Å².